The summed E-state index contributed by atoms with van der Waals surface area (Å²) >= 11 is 1.51. The molecule has 3 rings (SSSR count). The van der Waals surface area contributed by atoms with Crippen molar-refractivity contribution in [3.8, 4) is 6.07 Å². The van der Waals surface area contributed by atoms with E-state index in [4.69, 9.17) is 5.26 Å². The van der Waals surface area contributed by atoms with Crippen molar-refractivity contribution in [1.82, 2.24) is 15.0 Å². The van der Waals surface area contributed by atoms with Gasteiger partial charge in [-0.2, -0.15) is 5.26 Å². The van der Waals surface area contributed by atoms with Crippen LogP contribution in [0.15, 0.2) is 58.8 Å². The Morgan fingerprint density at radius 3 is 2.68 bits per heavy atom. The molecule has 0 N–H and O–H groups in total. The van der Waals surface area contributed by atoms with Crippen LogP contribution in [-0.4, -0.2) is 15.0 Å². The van der Waals surface area contributed by atoms with Crippen LogP contribution in [-0.2, 0) is 0 Å². The molecule has 0 unspecified atom stereocenters. The number of pyridine rings is 1. The number of fused-ring (bicyclic) bond motifs is 1. The Kier molecular flexibility index (Phi) is 3.09. The van der Waals surface area contributed by atoms with E-state index in [9.17, 15) is 0 Å². The fraction of sp³-hybridized carbons (Fsp3) is 0. The van der Waals surface area contributed by atoms with Crippen molar-refractivity contribution >= 4 is 22.7 Å². The smallest absolute Gasteiger partial charge is 0.140 e. The fourth-order valence-electron chi connectivity index (χ4n) is 1.68. The molecule has 3 aromatic rings. The lowest BCUT2D eigenvalue weighted by molar-refractivity contribution is 1.10. The first-order valence-electron chi connectivity index (χ1n) is 5.60. The molecular formula is C14H8N4S. The zero-order chi connectivity index (χ0) is 13.1. The number of benzene rings is 1. The molecule has 19 heavy (non-hydrogen) atoms. The van der Waals surface area contributed by atoms with Crippen LogP contribution in [0.5, 0.6) is 0 Å². The molecule has 0 bridgehead atoms. The summed E-state index contributed by atoms with van der Waals surface area (Å²) in [6.45, 7) is 0. The Balaban J connectivity index is 1.99. The Labute approximate surface area is 114 Å². The van der Waals surface area contributed by atoms with E-state index >= 15 is 0 Å². The van der Waals surface area contributed by atoms with Crippen LogP contribution in [0.1, 0.15) is 5.69 Å². The Morgan fingerprint density at radius 1 is 1.00 bits per heavy atom. The number of para-hydroxylation sites is 1. The summed E-state index contributed by atoms with van der Waals surface area (Å²) in [6.07, 6.45) is 3.24. The highest BCUT2D eigenvalue weighted by Crippen LogP contribution is 2.30. The van der Waals surface area contributed by atoms with Gasteiger partial charge in [0.2, 0.25) is 0 Å². The van der Waals surface area contributed by atoms with Gasteiger partial charge in [-0.1, -0.05) is 30.0 Å². The van der Waals surface area contributed by atoms with Crippen LogP contribution in [0, 0.1) is 11.3 Å². The Morgan fingerprint density at radius 2 is 1.89 bits per heavy atom. The zero-order valence-corrected chi connectivity index (χ0v) is 10.6. The van der Waals surface area contributed by atoms with Crippen molar-refractivity contribution < 1.29 is 0 Å². The fourth-order valence-corrected chi connectivity index (χ4v) is 2.53. The number of aromatic nitrogens is 3. The third-order valence-electron chi connectivity index (χ3n) is 2.57. The van der Waals surface area contributed by atoms with Gasteiger partial charge in [0.25, 0.3) is 0 Å². The normalized spacial score (nSPS) is 10.3. The van der Waals surface area contributed by atoms with Crippen LogP contribution in [0.3, 0.4) is 0 Å². The molecule has 0 aliphatic heterocycles. The minimum atomic E-state index is 0.414. The number of nitrogens with zero attached hydrogens (tertiary/aromatic N) is 4. The van der Waals surface area contributed by atoms with Crippen molar-refractivity contribution in [2.45, 2.75) is 9.92 Å². The quantitative estimate of drug-likeness (QED) is 0.666. The molecule has 0 atom stereocenters. The molecule has 0 saturated carbocycles. The number of rotatable bonds is 2. The lowest BCUT2D eigenvalue weighted by Gasteiger charge is -2.04. The van der Waals surface area contributed by atoms with Gasteiger partial charge in [-0.05, 0) is 18.2 Å². The predicted octanol–water partition coefficient (Wildman–Crippen LogP) is 3.05. The third-order valence-corrected chi connectivity index (χ3v) is 3.57. The molecule has 90 valence electrons. The maximum atomic E-state index is 8.72. The van der Waals surface area contributed by atoms with Crippen molar-refractivity contribution in [1.29, 1.82) is 5.26 Å². The molecule has 0 aliphatic rings. The maximum absolute atomic E-state index is 8.72. The second-order valence-corrected chi connectivity index (χ2v) is 4.85. The van der Waals surface area contributed by atoms with Gasteiger partial charge in [0, 0.05) is 16.5 Å². The summed E-state index contributed by atoms with van der Waals surface area (Å²) in [4.78, 5) is 13.5. The molecule has 0 amide bonds. The SMILES string of the molecule is N#Cc1ccc(Sc2ncnc3ccccc23)cn1. The van der Waals surface area contributed by atoms with E-state index in [0.717, 1.165) is 20.8 Å². The monoisotopic (exact) mass is 264 g/mol. The minimum Gasteiger partial charge on any atom is -0.244 e. The summed E-state index contributed by atoms with van der Waals surface area (Å²) in [5, 5.41) is 10.6. The van der Waals surface area contributed by atoms with Gasteiger partial charge in [-0.3, -0.25) is 0 Å². The van der Waals surface area contributed by atoms with Gasteiger partial charge < -0.3 is 0 Å². The van der Waals surface area contributed by atoms with E-state index in [1.54, 1.807) is 18.6 Å². The molecule has 1 aromatic carbocycles. The Bertz CT molecular complexity index is 757. The molecule has 4 nitrogen and oxygen atoms in total. The van der Waals surface area contributed by atoms with Gasteiger partial charge in [-0.15, -0.1) is 0 Å². The lowest BCUT2D eigenvalue weighted by atomic mass is 10.2. The minimum absolute atomic E-state index is 0.414. The van der Waals surface area contributed by atoms with E-state index < -0.39 is 0 Å². The van der Waals surface area contributed by atoms with Crippen LogP contribution >= 0.6 is 11.8 Å². The van der Waals surface area contributed by atoms with Crippen LogP contribution < -0.4 is 0 Å². The van der Waals surface area contributed by atoms with E-state index in [2.05, 4.69) is 15.0 Å². The highest BCUT2D eigenvalue weighted by atomic mass is 32.2. The van der Waals surface area contributed by atoms with Crippen LogP contribution in [0.4, 0.5) is 0 Å². The van der Waals surface area contributed by atoms with Crippen LogP contribution in [0.2, 0.25) is 0 Å². The van der Waals surface area contributed by atoms with E-state index in [0.29, 0.717) is 5.69 Å². The third kappa shape index (κ3) is 2.39. The van der Waals surface area contributed by atoms with Gasteiger partial charge in [0.15, 0.2) is 0 Å². The highest BCUT2D eigenvalue weighted by Gasteiger charge is 2.05. The molecule has 2 aromatic heterocycles. The van der Waals surface area contributed by atoms with Crippen molar-refractivity contribution in [3.63, 3.8) is 0 Å². The molecule has 5 heteroatoms. The topological polar surface area (TPSA) is 62.5 Å². The van der Waals surface area contributed by atoms with Gasteiger partial charge in [0.1, 0.15) is 23.1 Å². The van der Waals surface area contributed by atoms with Gasteiger partial charge in [0.05, 0.1) is 5.52 Å². The molecule has 0 fully saturated rings. The van der Waals surface area contributed by atoms with Crippen molar-refractivity contribution in [2.24, 2.45) is 0 Å². The molecule has 0 saturated heterocycles. The van der Waals surface area contributed by atoms with Crippen molar-refractivity contribution in [2.75, 3.05) is 0 Å². The zero-order valence-electron chi connectivity index (χ0n) is 9.82. The van der Waals surface area contributed by atoms with E-state index in [-0.39, 0.29) is 0 Å². The summed E-state index contributed by atoms with van der Waals surface area (Å²) in [5.41, 5.74) is 1.33. The van der Waals surface area contributed by atoms with E-state index in [1.165, 1.54) is 11.8 Å². The predicted molar refractivity (Wildman–Crippen MR) is 72.6 cm³/mol. The maximum Gasteiger partial charge on any atom is 0.140 e. The van der Waals surface area contributed by atoms with Crippen molar-refractivity contribution in [3.05, 3.63) is 54.6 Å². The first-order chi connectivity index (χ1) is 9.36. The average Bonchev–Trinajstić information content (AvgIpc) is 2.48. The molecule has 0 aliphatic carbocycles. The molecular weight excluding hydrogens is 256 g/mol. The largest absolute Gasteiger partial charge is 0.244 e. The van der Waals surface area contributed by atoms with Gasteiger partial charge in [-0.25, -0.2) is 15.0 Å². The standard InChI is InChI=1S/C14H8N4S/c15-7-10-5-6-11(8-16-10)19-14-12-3-1-2-4-13(12)17-9-18-14/h1-6,8-9H. The van der Waals surface area contributed by atoms with Crippen LogP contribution in [0.25, 0.3) is 10.9 Å². The number of hydrogen-bond donors (Lipinski definition) is 0. The summed E-state index contributed by atoms with van der Waals surface area (Å²) < 4.78 is 0. The number of nitriles is 1. The van der Waals surface area contributed by atoms with Gasteiger partial charge >= 0.3 is 0 Å². The number of hydrogen-bond acceptors (Lipinski definition) is 5. The highest BCUT2D eigenvalue weighted by molar-refractivity contribution is 7.99. The molecule has 0 radical (unpaired) electrons. The second kappa shape index (κ2) is 5.04. The first kappa shape index (κ1) is 11.6. The summed E-state index contributed by atoms with van der Waals surface area (Å²) in [7, 11) is 0. The molecule has 2 heterocycles. The second-order valence-electron chi connectivity index (χ2n) is 3.79. The summed E-state index contributed by atoms with van der Waals surface area (Å²) in [5.74, 6) is 0. The lowest BCUT2D eigenvalue weighted by Crippen LogP contribution is -1.87. The Hall–Kier alpha value is -2.45. The van der Waals surface area contributed by atoms with E-state index in [1.807, 2.05) is 36.4 Å². The summed E-state index contributed by atoms with van der Waals surface area (Å²) in [6, 6.07) is 13.4. The average molecular weight is 264 g/mol. The first-order valence-corrected chi connectivity index (χ1v) is 6.42. The molecule has 0 spiro atoms.